The maximum atomic E-state index is 12.3. The summed E-state index contributed by atoms with van der Waals surface area (Å²) in [6.45, 7) is 8.98. The van der Waals surface area contributed by atoms with Gasteiger partial charge in [-0.05, 0) is 31.7 Å². The first-order valence-electron chi connectivity index (χ1n) is 8.77. The summed E-state index contributed by atoms with van der Waals surface area (Å²) in [5.74, 6) is 0.0862. The zero-order chi connectivity index (χ0) is 16.9. The second kappa shape index (κ2) is 7.77. The molecule has 6 nitrogen and oxygen atoms in total. The molecule has 6 heteroatoms. The fourth-order valence-electron chi connectivity index (χ4n) is 3.24. The summed E-state index contributed by atoms with van der Waals surface area (Å²) in [5, 5.41) is 4.14. The number of likely N-dealkylation sites (N-methyl/N-ethyl adjacent to an activating group) is 1. The summed E-state index contributed by atoms with van der Waals surface area (Å²) in [7, 11) is 2.15. The molecule has 0 atom stereocenters. The normalized spacial score (nSPS) is 16.6. The van der Waals surface area contributed by atoms with E-state index in [2.05, 4.69) is 44.8 Å². The number of pyridine rings is 1. The number of nitrogens with one attached hydrogen (secondary N) is 1. The molecular weight excluding hydrogens is 302 g/mol. The van der Waals surface area contributed by atoms with Crippen LogP contribution >= 0.6 is 0 Å². The Morgan fingerprint density at radius 1 is 1.29 bits per heavy atom. The van der Waals surface area contributed by atoms with E-state index in [1.807, 2.05) is 12.1 Å². The van der Waals surface area contributed by atoms with Gasteiger partial charge < -0.3 is 14.8 Å². The van der Waals surface area contributed by atoms with Gasteiger partial charge in [0.2, 0.25) is 5.91 Å². The predicted molar refractivity (Wildman–Crippen MR) is 96.1 cm³/mol. The quantitative estimate of drug-likeness (QED) is 0.858. The molecule has 0 saturated carbocycles. The monoisotopic (exact) mass is 329 g/mol. The van der Waals surface area contributed by atoms with Crippen LogP contribution in [0.3, 0.4) is 0 Å². The summed E-state index contributed by atoms with van der Waals surface area (Å²) in [6.07, 6.45) is 4.27. The topological polar surface area (TPSA) is 53.4 Å². The van der Waals surface area contributed by atoms with Gasteiger partial charge in [0.25, 0.3) is 0 Å². The number of rotatable bonds is 6. The van der Waals surface area contributed by atoms with Crippen molar-refractivity contribution >= 4 is 16.9 Å². The standard InChI is InChI=1S/C18H27N5O/c1-3-23-14-15(16-5-4-6-20-18(16)23)13-17(24)19-7-8-22-11-9-21(2)10-12-22/h4-6,14H,3,7-13H2,1-2H3,(H,19,24). The molecule has 1 aliphatic heterocycles. The van der Waals surface area contributed by atoms with Crippen molar-refractivity contribution in [1.82, 2.24) is 24.7 Å². The van der Waals surface area contributed by atoms with E-state index in [9.17, 15) is 4.79 Å². The zero-order valence-electron chi connectivity index (χ0n) is 14.7. The highest BCUT2D eigenvalue weighted by Gasteiger charge is 2.14. The van der Waals surface area contributed by atoms with E-state index in [0.29, 0.717) is 13.0 Å². The van der Waals surface area contributed by atoms with Gasteiger partial charge in [-0.25, -0.2) is 4.98 Å². The van der Waals surface area contributed by atoms with Crippen molar-refractivity contribution in [3.8, 4) is 0 Å². The van der Waals surface area contributed by atoms with Gasteiger partial charge in [0.05, 0.1) is 6.42 Å². The van der Waals surface area contributed by atoms with Crippen LogP contribution in [0.5, 0.6) is 0 Å². The van der Waals surface area contributed by atoms with Gasteiger partial charge in [0.1, 0.15) is 5.65 Å². The number of hydrogen-bond donors (Lipinski definition) is 1. The highest BCUT2D eigenvalue weighted by atomic mass is 16.1. The van der Waals surface area contributed by atoms with Gasteiger partial charge in [-0.2, -0.15) is 0 Å². The number of piperazine rings is 1. The number of amides is 1. The first-order valence-corrected chi connectivity index (χ1v) is 8.77. The molecule has 24 heavy (non-hydrogen) atoms. The lowest BCUT2D eigenvalue weighted by Gasteiger charge is -2.32. The second-order valence-corrected chi connectivity index (χ2v) is 6.49. The highest BCUT2D eigenvalue weighted by Crippen LogP contribution is 2.19. The van der Waals surface area contributed by atoms with Crippen molar-refractivity contribution in [2.45, 2.75) is 19.9 Å². The summed E-state index contributed by atoms with van der Waals surface area (Å²) in [6, 6.07) is 3.97. The zero-order valence-corrected chi connectivity index (χ0v) is 14.7. The minimum Gasteiger partial charge on any atom is -0.355 e. The Balaban J connectivity index is 1.52. The lowest BCUT2D eigenvalue weighted by atomic mass is 10.1. The smallest absolute Gasteiger partial charge is 0.224 e. The van der Waals surface area contributed by atoms with Gasteiger partial charge >= 0.3 is 0 Å². The first-order chi connectivity index (χ1) is 11.7. The average Bonchev–Trinajstić information content (AvgIpc) is 2.95. The van der Waals surface area contributed by atoms with Crippen LogP contribution < -0.4 is 5.32 Å². The molecule has 1 aliphatic rings. The van der Waals surface area contributed by atoms with Gasteiger partial charge in [-0.15, -0.1) is 0 Å². The van der Waals surface area contributed by atoms with E-state index in [1.54, 1.807) is 6.20 Å². The Morgan fingerprint density at radius 3 is 2.83 bits per heavy atom. The molecule has 2 aromatic heterocycles. The maximum absolute atomic E-state index is 12.3. The summed E-state index contributed by atoms with van der Waals surface area (Å²) in [5.41, 5.74) is 2.01. The molecule has 1 fully saturated rings. The van der Waals surface area contributed by atoms with E-state index in [4.69, 9.17) is 0 Å². The number of carbonyl (C=O) groups is 1. The highest BCUT2D eigenvalue weighted by molar-refractivity contribution is 5.87. The van der Waals surface area contributed by atoms with Gasteiger partial charge in [-0.3, -0.25) is 9.69 Å². The van der Waals surface area contributed by atoms with E-state index in [-0.39, 0.29) is 5.91 Å². The Hall–Kier alpha value is -1.92. The molecule has 2 aromatic rings. The fourth-order valence-corrected chi connectivity index (χ4v) is 3.24. The van der Waals surface area contributed by atoms with Crippen LogP contribution in [0.4, 0.5) is 0 Å². The lowest BCUT2D eigenvalue weighted by Crippen LogP contribution is -2.47. The van der Waals surface area contributed by atoms with Crippen molar-refractivity contribution in [2.24, 2.45) is 0 Å². The van der Waals surface area contributed by atoms with Crippen LogP contribution in [0.2, 0.25) is 0 Å². The van der Waals surface area contributed by atoms with Gasteiger partial charge in [0, 0.05) is 63.6 Å². The number of hydrogen-bond acceptors (Lipinski definition) is 4. The summed E-state index contributed by atoms with van der Waals surface area (Å²) < 4.78 is 2.10. The third kappa shape index (κ3) is 3.94. The summed E-state index contributed by atoms with van der Waals surface area (Å²) >= 11 is 0. The molecule has 1 amide bonds. The van der Waals surface area contributed by atoms with E-state index < -0.39 is 0 Å². The minimum atomic E-state index is 0.0862. The average molecular weight is 329 g/mol. The molecule has 3 heterocycles. The number of aromatic nitrogens is 2. The van der Waals surface area contributed by atoms with E-state index in [0.717, 1.165) is 55.9 Å². The van der Waals surface area contributed by atoms with Crippen LogP contribution in [0.1, 0.15) is 12.5 Å². The lowest BCUT2D eigenvalue weighted by molar-refractivity contribution is -0.120. The minimum absolute atomic E-state index is 0.0862. The number of carbonyl (C=O) groups excluding carboxylic acids is 1. The number of nitrogens with zero attached hydrogens (tertiary/aromatic N) is 4. The van der Waals surface area contributed by atoms with Crippen molar-refractivity contribution in [3.05, 3.63) is 30.1 Å². The number of aryl methyl sites for hydroxylation is 1. The molecule has 3 rings (SSSR count). The largest absolute Gasteiger partial charge is 0.355 e. The van der Waals surface area contributed by atoms with Crippen LogP contribution in [-0.4, -0.2) is 71.6 Å². The second-order valence-electron chi connectivity index (χ2n) is 6.49. The third-order valence-electron chi connectivity index (χ3n) is 4.75. The van der Waals surface area contributed by atoms with Crippen molar-refractivity contribution in [3.63, 3.8) is 0 Å². The molecule has 0 spiro atoms. The molecule has 1 N–H and O–H groups in total. The van der Waals surface area contributed by atoms with Crippen molar-refractivity contribution in [2.75, 3.05) is 46.3 Å². The van der Waals surface area contributed by atoms with Crippen molar-refractivity contribution in [1.29, 1.82) is 0 Å². The molecule has 0 aromatic carbocycles. The molecular formula is C18H27N5O. The Labute approximate surface area is 143 Å². The first kappa shape index (κ1) is 16.9. The Bertz CT molecular complexity index is 688. The van der Waals surface area contributed by atoms with Crippen LogP contribution in [0.15, 0.2) is 24.5 Å². The van der Waals surface area contributed by atoms with E-state index >= 15 is 0 Å². The molecule has 0 bridgehead atoms. The third-order valence-corrected chi connectivity index (χ3v) is 4.75. The van der Waals surface area contributed by atoms with Gasteiger partial charge in [-0.1, -0.05) is 0 Å². The SMILES string of the molecule is CCn1cc(CC(=O)NCCN2CCN(C)CC2)c2cccnc21. The molecule has 0 unspecified atom stereocenters. The van der Waals surface area contributed by atoms with Gasteiger partial charge in [0.15, 0.2) is 0 Å². The molecule has 0 aliphatic carbocycles. The van der Waals surface area contributed by atoms with Crippen LogP contribution in [-0.2, 0) is 17.8 Å². The predicted octanol–water partition coefficient (Wildman–Crippen LogP) is 0.962. The maximum Gasteiger partial charge on any atom is 0.224 e. The van der Waals surface area contributed by atoms with Crippen LogP contribution in [0.25, 0.3) is 11.0 Å². The number of fused-ring (bicyclic) bond motifs is 1. The fraction of sp³-hybridized carbons (Fsp3) is 0.556. The Morgan fingerprint density at radius 2 is 2.08 bits per heavy atom. The molecule has 0 radical (unpaired) electrons. The van der Waals surface area contributed by atoms with E-state index in [1.165, 1.54) is 0 Å². The molecule has 1 saturated heterocycles. The Kier molecular flexibility index (Phi) is 5.48. The molecule has 130 valence electrons. The van der Waals surface area contributed by atoms with Crippen molar-refractivity contribution < 1.29 is 4.79 Å². The summed E-state index contributed by atoms with van der Waals surface area (Å²) in [4.78, 5) is 21.5. The van der Waals surface area contributed by atoms with Crippen LogP contribution in [0, 0.1) is 0 Å².